The lowest BCUT2D eigenvalue weighted by Gasteiger charge is -2.24. The highest BCUT2D eigenvalue weighted by Crippen LogP contribution is 2.27. The summed E-state index contributed by atoms with van der Waals surface area (Å²) >= 11 is 0. The molecule has 0 spiro atoms. The van der Waals surface area contributed by atoms with Gasteiger partial charge in [-0.1, -0.05) is 12.2 Å². The molecule has 2 atom stereocenters. The smallest absolute Gasteiger partial charge is 0.307 e. The zero-order chi connectivity index (χ0) is 17.7. The lowest BCUT2D eigenvalue weighted by molar-refractivity contribution is -0.146. The summed E-state index contributed by atoms with van der Waals surface area (Å²) in [6.07, 6.45) is 4.41. The minimum absolute atomic E-state index is 0.0455. The van der Waals surface area contributed by atoms with Gasteiger partial charge in [-0.2, -0.15) is 0 Å². The number of carbonyl (C=O) groups is 3. The number of carboxylic acid groups (broad SMARTS) is 1. The van der Waals surface area contributed by atoms with Crippen LogP contribution in [0.2, 0.25) is 0 Å². The van der Waals surface area contributed by atoms with Crippen LogP contribution in [0, 0.1) is 11.8 Å². The van der Waals surface area contributed by atoms with Gasteiger partial charge < -0.3 is 15.7 Å². The van der Waals surface area contributed by atoms with Gasteiger partial charge in [0, 0.05) is 17.3 Å². The SMILES string of the molecule is CC(C)NC(=O)c1ccc(NC(=O)[C@@H]2CC=CC[C@@H]2C(=O)O)cc1. The molecule has 0 aromatic heterocycles. The third-order valence-corrected chi connectivity index (χ3v) is 3.92. The summed E-state index contributed by atoms with van der Waals surface area (Å²) in [5.74, 6) is -2.74. The summed E-state index contributed by atoms with van der Waals surface area (Å²) < 4.78 is 0. The van der Waals surface area contributed by atoms with Crippen molar-refractivity contribution in [3.05, 3.63) is 42.0 Å². The van der Waals surface area contributed by atoms with Gasteiger partial charge in [0.2, 0.25) is 5.91 Å². The largest absolute Gasteiger partial charge is 0.481 e. The number of hydrogen-bond donors (Lipinski definition) is 3. The van der Waals surface area contributed by atoms with E-state index in [1.165, 1.54) is 0 Å². The van der Waals surface area contributed by atoms with Crippen molar-refractivity contribution < 1.29 is 19.5 Å². The molecule has 128 valence electrons. The second-order valence-corrected chi connectivity index (χ2v) is 6.19. The Balaban J connectivity index is 2.02. The number of carboxylic acids is 1. The van der Waals surface area contributed by atoms with Gasteiger partial charge in [-0.15, -0.1) is 0 Å². The Kier molecular flexibility index (Phi) is 5.73. The Hall–Kier alpha value is -2.63. The zero-order valence-corrected chi connectivity index (χ0v) is 13.8. The first-order valence-corrected chi connectivity index (χ1v) is 7.98. The fourth-order valence-corrected chi connectivity index (χ4v) is 2.66. The first-order valence-electron chi connectivity index (χ1n) is 7.98. The molecule has 1 aliphatic carbocycles. The Labute approximate surface area is 140 Å². The first-order chi connectivity index (χ1) is 11.4. The third-order valence-electron chi connectivity index (χ3n) is 3.92. The number of nitrogens with one attached hydrogen (secondary N) is 2. The highest BCUT2D eigenvalue weighted by molar-refractivity contribution is 5.97. The molecule has 2 amide bonds. The number of allylic oxidation sites excluding steroid dienone is 2. The normalized spacial score (nSPS) is 19.8. The number of hydrogen-bond acceptors (Lipinski definition) is 3. The summed E-state index contributed by atoms with van der Waals surface area (Å²) in [6, 6.07) is 6.58. The fourth-order valence-electron chi connectivity index (χ4n) is 2.66. The van der Waals surface area contributed by atoms with Gasteiger partial charge >= 0.3 is 5.97 Å². The molecular weight excluding hydrogens is 308 g/mol. The maximum Gasteiger partial charge on any atom is 0.307 e. The Morgan fingerprint density at radius 1 is 1.04 bits per heavy atom. The molecule has 6 nitrogen and oxygen atoms in total. The van der Waals surface area contributed by atoms with Gasteiger partial charge in [0.15, 0.2) is 0 Å². The summed E-state index contributed by atoms with van der Waals surface area (Å²) in [6.45, 7) is 3.76. The van der Waals surface area contributed by atoms with Crippen LogP contribution in [0.1, 0.15) is 37.0 Å². The van der Waals surface area contributed by atoms with Crippen LogP contribution in [0.3, 0.4) is 0 Å². The molecule has 0 saturated carbocycles. The number of benzene rings is 1. The van der Waals surface area contributed by atoms with Crippen molar-refractivity contribution >= 4 is 23.5 Å². The predicted molar refractivity (Wildman–Crippen MR) is 90.7 cm³/mol. The monoisotopic (exact) mass is 330 g/mol. The van der Waals surface area contributed by atoms with E-state index in [0.29, 0.717) is 24.1 Å². The lowest BCUT2D eigenvalue weighted by Crippen LogP contribution is -2.34. The van der Waals surface area contributed by atoms with E-state index in [-0.39, 0.29) is 17.9 Å². The molecule has 24 heavy (non-hydrogen) atoms. The maximum absolute atomic E-state index is 12.4. The number of anilines is 1. The lowest BCUT2D eigenvalue weighted by atomic mass is 9.82. The summed E-state index contributed by atoms with van der Waals surface area (Å²) in [4.78, 5) is 35.5. The number of rotatable bonds is 5. The van der Waals surface area contributed by atoms with E-state index in [0.717, 1.165) is 0 Å². The van der Waals surface area contributed by atoms with Crippen molar-refractivity contribution in [2.45, 2.75) is 32.7 Å². The van der Waals surface area contributed by atoms with Crippen LogP contribution in [-0.2, 0) is 9.59 Å². The van der Waals surface area contributed by atoms with Crippen molar-refractivity contribution in [3.63, 3.8) is 0 Å². The summed E-state index contributed by atoms with van der Waals surface area (Å²) in [5, 5.41) is 14.8. The van der Waals surface area contributed by atoms with Crippen LogP contribution in [0.4, 0.5) is 5.69 Å². The Morgan fingerprint density at radius 2 is 1.62 bits per heavy atom. The van der Waals surface area contributed by atoms with Crippen molar-refractivity contribution in [1.29, 1.82) is 0 Å². The van der Waals surface area contributed by atoms with E-state index >= 15 is 0 Å². The van der Waals surface area contributed by atoms with Crippen molar-refractivity contribution in [1.82, 2.24) is 5.32 Å². The molecule has 0 bridgehead atoms. The number of amides is 2. The zero-order valence-electron chi connectivity index (χ0n) is 13.8. The quantitative estimate of drug-likeness (QED) is 0.723. The molecule has 0 radical (unpaired) electrons. The van der Waals surface area contributed by atoms with Crippen LogP contribution in [0.15, 0.2) is 36.4 Å². The molecule has 0 unspecified atom stereocenters. The van der Waals surface area contributed by atoms with E-state index in [2.05, 4.69) is 10.6 Å². The molecule has 0 fully saturated rings. The molecule has 2 rings (SSSR count). The van der Waals surface area contributed by atoms with E-state index in [1.807, 2.05) is 19.9 Å². The van der Waals surface area contributed by atoms with E-state index in [1.54, 1.807) is 30.3 Å². The van der Waals surface area contributed by atoms with Crippen LogP contribution in [0.5, 0.6) is 0 Å². The van der Waals surface area contributed by atoms with Crippen LogP contribution < -0.4 is 10.6 Å². The number of aliphatic carboxylic acids is 1. The van der Waals surface area contributed by atoms with Gasteiger partial charge in [0.05, 0.1) is 11.8 Å². The van der Waals surface area contributed by atoms with E-state index in [4.69, 9.17) is 0 Å². The first kappa shape index (κ1) is 17.7. The standard InChI is InChI=1S/C18H22N2O4/c1-11(2)19-16(21)12-7-9-13(10-8-12)20-17(22)14-5-3-4-6-15(14)18(23)24/h3-4,7-11,14-15H,5-6H2,1-2H3,(H,19,21)(H,20,22)(H,23,24)/t14-,15+/m1/s1. The predicted octanol–water partition coefficient (Wildman–Crippen LogP) is 2.43. The van der Waals surface area contributed by atoms with Crippen LogP contribution in [0.25, 0.3) is 0 Å². The van der Waals surface area contributed by atoms with Gasteiger partial charge in [-0.3, -0.25) is 14.4 Å². The Morgan fingerprint density at radius 3 is 2.17 bits per heavy atom. The number of carbonyl (C=O) groups excluding carboxylic acids is 2. The second-order valence-electron chi connectivity index (χ2n) is 6.19. The van der Waals surface area contributed by atoms with Crippen molar-refractivity contribution in [3.8, 4) is 0 Å². The molecule has 0 saturated heterocycles. The van der Waals surface area contributed by atoms with Crippen LogP contribution >= 0.6 is 0 Å². The summed E-state index contributed by atoms with van der Waals surface area (Å²) in [5.41, 5.74) is 1.05. The topological polar surface area (TPSA) is 95.5 Å². The second kappa shape index (κ2) is 7.77. The molecule has 1 aromatic rings. The molecule has 6 heteroatoms. The van der Waals surface area contributed by atoms with E-state index in [9.17, 15) is 19.5 Å². The van der Waals surface area contributed by atoms with Crippen molar-refractivity contribution in [2.24, 2.45) is 11.8 Å². The fraction of sp³-hybridized carbons (Fsp3) is 0.389. The minimum atomic E-state index is -0.958. The van der Waals surface area contributed by atoms with Gasteiger partial charge in [0.1, 0.15) is 0 Å². The highest BCUT2D eigenvalue weighted by atomic mass is 16.4. The molecule has 0 heterocycles. The molecular formula is C18H22N2O4. The van der Waals surface area contributed by atoms with Gasteiger partial charge in [-0.25, -0.2) is 0 Å². The average Bonchev–Trinajstić information content (AvgIpc) is 2.54. The van der Waals surface area contributed by atoms with Gasteiger partial charge in [-0.05, 0) is 51.0 Å². The van der Waals surface area contributed by atoms with Crippen molar-refractivity contribution in [2.75, 3.05) is 5.32 Å². The maximum atomic E-state index is 12.4. The summed E-state index contributed by atoms with van der Waals surface area (Å²) in [7, 11) is 0. The minimum Gasteiger partial charge on any atom is -0.481 e. The van der Waals surface area contributed by atoms with Gasteiger partial charge in [0.25, 0.3) is 5.91 Å². The molecule has 1 aliphatic rings. The molecule has 0 aliphatic heterocycles. The molecule has 3 N–H and O–H groups in total. The highest BCUT2D eigenvalue weighted by Gasteiger charge is 2.33. The third kappa shape index (κ3) is 4.44. The molecule has 1 aromatic carbocycles. The Bertz CT molecular complexity index is 649. The average molecular weight is 330 g/mol. The van der Waals surface area contributed by atoms with E-state index < -0.39 is 17.8 Å². The van der Waals surface area contributed by atoms with Crippen LogP contribution in [-0.4, -0.2) is 28.9 Å².